The van der Waals surface area contributed by atoms with Crippen molar-refractivity contribution in [3.8, 4) is 11.5 Å². The van der Waals surface area contributed by atoms with Crippen molar-refractivity contribution in [1.29, 1.82) is 0 Å². The molecule has 0 spiro atoms. The van der Waals surface area contributed by atoms with E-state index in [9.17, 15) is 4.79 Å². The molecule has 7 heteroatoms. The smallest absolute Gasteiger partial charge is 0.239 e. The number of benzene rings is 2. The van der Waals surface area contributed by atoms with Gasteiger partial charge in [0.2, 0.25) is 5.91 Å². The zero-order chi connectivity index (χ0) is 19.9. The molecule has 1 aliphatic rings. The summed E-state index contributed by atoms with van der Waals surface area (Å²) >= 11 is 1.40. The summed E-state index contributed by atoms with van der Waals surface area (Å²) in [4.78, 5) is 12.1. The number of thioether (sulfide) groups is 1. The molecule has 0 aromatic heterocycles. The second-order valence-electron chi connectivity index (χ2n) is 6.51. The number of ether oxygens (including phenoxy) is 2. The van der Waals surface area contributed by atoms with Crippen molar-refractivity contribution in [1.82, 2.24) is 5.32 Å². The van der Waals surface area contributed by atoms with E-state index in [1.165, 1.54) is 11.8 Å². The highest BCUT2D eigenvalue weighted by atomic mass is 32.2. The highest BCUT2D eigenvalue weighted by Gasteiger charge is 2.30. The number of rotatable bonds is 7. The Morgan fingerprint density at radius 3 is 2.68 bits per heavy atom. The number of methoxy groups -OCH3 is 1. The molecule has 1 N–H and O–H groups in total. The Morgan fingerprint density at radius 2 is 1.96 bits per heavy atom. The van der Waals surface area contributed by atoms with Crippen LogP contribution in [0.3, 0.4) is 0 Å². The van der Waals surface area contributed by atoms with Crippen LogP contribution in [0.25, 0.3) is 0 Å². The van der Waals surface area contributed by atoms with Crippen LogP contribution in [0, 0.1) is 0 Å². The van der Waals surface area contributed by atoms with Crippen molar-refractivity contribution in [3.63, 3.8) is 0 Å². The molecule has 1 amide bonds. The second-order valence-corrected chi connectivity index (χ2v) is 7.70. The van der Waals surface area contributed by atoms with Crippen LogP contribution in [0.2, 0.25) is 0 Å². The van der Waals surface area contributed by atoms with Gasteiger partial charge >= 0.3 is 0 Å². The van der Waals surface area contributed by atoms with Gasteiger partial charge in [0.1, 0.15) is 0 Å². The maximum atomic E-state index is 12.1. The molecule has 1 saturated heterocycles. The second kappa shape index (κ2) is 9.41. The first kappa shape index (κ1) is 19.9. The van der Waals surface area contributed by atoms with Gasteiger partial charge in [-0.25, -0.2) is 0 Å². The van der Waals surface area contributed by atoms with E-state index < -0.39 is 0 Å². The third-order valence-corrected chi connectivity index (χ3v) is 5.02. The predicted octanol–water partition coefficient (Wildman–Crippen LogP) is 3.65. The summed E-state index contributed by atoms with van der Waals surface area (Å²) in [5.41, 5.74) is 1.95. The number of carbonyl (C=O) groups excluding carboxylic acids is 1. The molecule has 0 bridgehead atoms. The monoisotopic (exact) mass is 397 g/mol. The van der Waals surface area contributed by atoms with E-state index in [0.717, 1.165) is 11.1 Å². The van der Waals surface area contributed by atoms with Gasteiger partial charge in [-0.2, -0.15) is 5.10 Å². The molecule has 0 saturated carbocycles. The number of hydrogen-bond donors (Lipinski definition) is 1. The zero-order valence-corrected chi connectivity index (χ0v) is 16.9. The van der Waals surface area contributed by atoms with Gasteiger partial charge in [-0.3, -0.25) is 4.79 Å². The van der Waals surface area contributed by atoms with Crippen molar-refractivity contribution in [3.05, 3.63) is 59.7 Å². The van der Waals surface area contributed by atoms with E-state index in [1.54, 1.807) is 13.3 Å². The Kier molecular flexibility index (Phi) is 6.71. The number of nitrogens with zero attached hydrogens (tertiary/aromatic N) is 2. The predicted molar refractivity (Wildman–Crippen MR) is 113 cm³/mol. The van der Waals surface area contributed by atoms with Crippen molar-refractivity contribution in [2.24, 2.45) is 10.2 Å². The first-order chi connectivity index (χ1) is 13.5. The van der Waals surface area contributed by atoms with Crippen molar-refractivity contribution >= 4 is 29.1 Å². The molecule has 146 valence electrons. The van der Waals surface area contributed by atoms with Gasteiger partial charge in [0, 0.05) is 0 Å². The molecule has 1 aliphatic heterocycles. The van der Waals surface area contributed by atoms with Gasteiger partial charge in [-0.1, -0.05) is 42.1 Å². The van der Waals surface area contributed by atoms with Crippen LogP contribution >= 0.6 is 11.8 Å². The number of carbonyl (C=O) groups is 1. The first-order valence-electron chi connectivity index (χ1n) is 9.02. The molecule has 2 aromatic carbocycles. The third kappa shape index (κ3) is 5.36. The van der Waals surface area contributed by atoms with Gasteiger partial charge in [-0.05, 0) is 49.6 Å². The Labute approximate surface area is 169 Å². The average molecular weight is 398 g/mol. The SMILES string of the molecule is COc1cc(/C=N/N=C2\NC(=O)C(Cc3ccccc3)S2)ccc1OC(C)C. The van der Waals surface area contributed by atoms with Gasteiger partial charge in [0.15, 0.2) is 16.7 Å². The molecule has 1 fully saturated rings. The van der Waals surface area contributed by atoms with E-state index in [4.69, 9.17) is 9.47 Å². The molecule has 6 nitrogen and oxygen atoms in total. The van der Waals surface area contributed by atoms with E-state index in [-0.39, 0.29) is 17.3 Å². The topological polar surface area (TPSA) is 72.3 Å². The summed E-state index contributed by atoms with van der Waals surface area (Å²) in [6.45, 7) is 3.92. The molecule has 1 heterocycles. The first-order valence-corrected chi connectivity index (χ1v) is 9.90. The number of nitrogens with one attached hydrogen (secondary N) is 1. The van der Waals surface area contributed by atoms with Gasteiger partial charge < -0.3 is 14.8 Å². The molecule has 28 heavy (non-hydrogen) atoms. The van der Waals surface area contributed by atoms with Crippen molar-refractivity contribution in [2.45, 2.75) is 31.6 Å². The molecule has 1 atom stereocenters. The minimum atomic E-state index is -0.191. The number of amides is 1. The Bertz CT molecular complexity index is 882. The largest absolute Gasteiger partial charge is 0.493 e. The van der Waals surface area contributed by atoms with Crippen LogP contribution in [0.4, 0.5) is 0 Å². The summed E-state index contributed by atoms with van der Waals surface area (Å²) in [6.07, 6.45) is 2.34. The summed E-state index contributed by atoms with van der Waals surface area (Å²) in [6, 6.07) is 15.5. The van der Waals surface area contributed by atoms with Crippen molar-refractivity contribution in [2.75, 3.05) is 7.11 Å². The molecule has 1 unspecified atom stereocenters. The Hall–Kier alpha value is -2.80. The Balaban J connectivity index is 1.63. The normalized spacial score (nSPS) is 18.1. The van der Waals surface area contributed by atoms with E-state index in [0.29, 0.717) is 23.1 Å². The number of hydrogen-bond acceptors (Lipinski definition) is 6. The molecular weight excluding hydrogens is 374 g/mol. The minimum Gasteiger partial charge on any atom is -0.493 e. The van der Waals surface area contributed by atoms with Crippen LogP contribution in [0.15, 0.2) is 58.7 Å². The van der Waals surface area contributed by atoms with Crippen LogP contribution in [0.1, 0.15) is 25.0 Å². The summed E-state index contributed by atoms with van der Waals surface area (Å²) in [5.74, 6) is 1.28. The summed E-state index contributed by atoms with van der Waals surface area (Å²) < 4.78 is 11.1. The van der Waals surface area contributed by atoms with Crippen LogP contribution < -0.4 is 14.8 Å². The van der Waals surface area contributed by atoms with Gasteiger partial charge in [0.25, 0.3) is 0 Å². The molecular formula is C21H23N3O3S. The number of amidine groups is 1. The fourth-order valence-corrected chi connectivity index (χ4v) is 3.64. The fraction of sp³-hybridized carbons (Fsp3) is 0.286. The van der Waals surface area contributed by atoms with E-state index in [1.807, 2.05) is 62.4 Å². The zero-order valence-electron chi connectivity index (χ0n) is 16.1. The molecule has 2 aromatic rings. The summed E-state index contributed by atoms with van der Waals surface area (Å²) in [7, 11) is 1.60. The van der Waals surface area contributed by atoms with Crippen LogP contribution in [0.5, 0.6) is 11.5 Å². The fourth-order valence-electron chi connectivity index (χ4n) is 2.68. The van der Waals surface area contributed by atoms with E-state index >= 15 is 0 Å². The lowest BCUT2D eigenvalue weighted by molar-refractivity contribution is -0.118. The molecule has 0 radical (unpaired) electrons. The highest BCUT2D eigenvalue weighted by Crippen LogP contribution is 2.28. The van der Waals surface area contributed by atoms with Crippen LogP contribution in [-0.4, -0.2) is 35.8 Å². The maximum Gasteiger partial charge on any atom is 0.239 e. The third-order valence-electron chi connectivity index (χ3n) is 3.95. The molecule has 3 rings (SSSR count). The highest BCUT2D eigenvalue weighted by molar-refractivity contribution is 8.15. The lowest BCUT2D eigenvalue weighted by atomic mass is 10.1. The van der Waals surface area contributed by atoms with Gasteiger partial charge in [-0.15, -0.1) is 5.10 Å². The van der Waals surface area contributed by atoms with Crippen LogP contribution in [-0.2, 0) is 11.2 Å². The standard InChI is InChI=1S/C21H23N3O3S/c1-14(2)27-17-10-9-16(11-18(17)26-3)13-22-24-21-23-20(25)19(28-21)12-15-7-5-4-6-8-15/h4-11,13-14,19H,12H2,1-3H3,(H,23,24,25)/b22-13+. The van der Waals surface area contributed by atoms with Gasteiger partial charge in [0.05, 0.1) is 24.7 Å². The molecule has 0 aliphatic carbocycles. The maximum absolute atomic E-state index is 12.1. The lowest BCUT2D eigenvalue weighted by Gasteiger charge is -2.13. The lowest BCUT2D eigenvalue weighted by Crippen LogP contribution is -2.25. The van der Waals surface area contributed by atoms with Crippen molar-refractivity contribution < 1.29 is 14.3 Å². The summed E-state index contributed by atoms with van der Waals surface area (Å²) in [5, 5.41) is 11.3. The van der Waals surface area contributed by atoms with E-state index in [2.05, 4.69) is 15.5 Å². The Morgan fingerprint density at radius 1 is 1.18 bits per heavy atom. The minimum absolute atomic E-state index is 0.0420. The quantitative estimate of drug-likeness (QED) is 0.572. The average Bonchev–Trinajstić information content (AvgIpc) is 3.02.